The van der Waals surface area contributed by atoms with E-state index in [2.05, 4.69) is 15.6 Å². The molecule has 27 heavy (non-hydrogen) atoms. The molecule has 1 aromatic heterocycles. The van der Waals surface area contributed by atoms with Gasteiger partial charge in [-0.25, -0.2) is 18.6 Å². The number of ether oxygens (including phenoxy) is 1. The van der Waals surface area contributed by atoms with Gasteiger partial charge in [-0.3, -0.25) is 0 Å². The van der Waals surface area contributed by atoms with E-state index in [1.54, 1.807) is 30.0 Å². The van der Waals surface area contributed by atoms with Gasteiger partial charge in [-0.15, -0.1) is 11.8 Å². The molecule has 0 unspecified atom stereocenters. The molecule has 8 heteroatoms. The summed E-state index contributed by atoms with van der Waals surface area (Å²) in [6, 6.07) is 13.0. The summed E-state index contributed by atoms with van der Waals surface area (Å²) >= 11 is 1.61. The van der Waals surface area contributed by atoms with Crippen LogP contribution in [0.3, 0.4) is 0 Å². The van der Waals surface area contributed by atoms with Gasteiger partial charge in [0.25, 0.3) is 0 Å². The molecule has 0 fully saturated rings. The van der Waals surface area contributed by atoms with Gasteiger partial charge >= 0.3 is 6.03 Å². The summed E-state index contributed by atoms with van der Waals surface area (Å²) in [6.07, 6.45) is 3.34. The second-order valence-electron chi connectivity index (χ2n) is 5.37. The zero-order valence-corrected chi connectivity index (χ0v) is 15.0. The molecule has 0 atom stereocenters. The number of rotatable bonds is 5. The van der Waals surface area contributed by atoms with E-state index >= 15 is 0 Å². The Morgan fingerprint density at radius 1 is 1.00 bits per heavy atom. The van der Waals surface area contributed by atoms with Crippen LogP contribution in [0, 0.1) is 11.6 Å². The van der Waals surface area contributed by atoms with Crippen LogP contribution in [0.4, 0.5) is 25.0 Å². The quantitative estimate of drug-likeness (QED) is 0.566. The third-order valence-electron chi connectivity index (χ3n) is 3.45. The Hall–Kier alpha value is -3.13. The first-order valence-electron chi connectivity index (χ1n) is 7.84. The van der Waals surface area contributed by atoms with Gasteiger partial charge in [0.2, 0.25) is 5.88 Å². The highest BCUT2D eigenvalue weighted by atomic mass is 32.2. The lowest BCUT2D eigenvalue weighted by atomic mass is 10.3. The van der Waals surface area contributed by atoms with E-state index in [0.717, 1.165) is 17.0 Å². The number of carbonyl (C=O) groups excluding carboxylic acids is 1. The number of aromatic nitrogens is 1. The molecule has 0 bridgehead atoms. The molecule has 138 valence electrons. The third-order valence-corrected chi connectivity index (χ3v) is 4.19. The van der Waals surface area contributed by atoms with E-state index in [9.17, 15) is 13.6 Å². The molecule has 2 amide bonds. The second kappa shape index (κ2) is 8.50. The number of benzene rings is 2. The molecule has 3 rings (SSSR count). The molecule has 1 heterocycles. The van der Waals surface area contributed by atoms with Crippen molar-refractivity contribution in [1.82, 2.24) is 4.98 Å². The Labute approximate surface area is 158 Å². The zero-order valence-electron chi connectivity index (χ0n) is 14.2. The van der Waals surface area contributed by atoms with E-state index in [1.165, 1.54) is 18.3 Å². The molecule has 2 aromatic carbocycles. The predicted octanol–water partition coefficient (Wildman–Crippen LogP) is 5.52. The molecule has 0 aliphatic heterocycles. The number of halogens is 2. The van der Waals surface area contributed by atoms with Crippen molar-refractivity contribution in [3.8, 4) is 11.6 Å². The van der Waals surface area contributed by atoms with Crippen LogP contribution in [-0.2, 0) is 0 Å². The van der Waals surface area contributed by atoms with Crippen molar-refractivity contribution in [3.05, 3.63) is 72.4 Å². The number of hydrogen-bond acceptors (Lipinski definition) is 4. The summed E-state index contributed by atoms with van der Waals surface area (Å²) in [7, 11) is 0. The minimum Gasteiger partial charge on any atom is -0.436 e. The highest BCUT2D eigenvalue weighted by Crippen LogP contribution is 2.24. The van der Waals surface area contributed by atoms with Gasteiger partial charge < -0.3 is 15.4 Å². The first-order chi connectivity index (χ1) is 13.0. The van der Waals surface area contributed by atoms with Crippen molar-refractivity contribution in [1.29, 1.82) is 0 Å². The van der Waals surface area contributed by atoms with E-state index in [-0.39, 0.29) is 11.6 Å². The van der Waals surface area contributed by atoms with E-state index < -0.39 is 17.7 Å². The smallest absolute Gasteiger partial charge is 0.323 e. The van der Waals surface area contributed by atoms with Gasteiger partial charge in [-0.2, -0.15) is 0 Å². The number of amides is 2. The Balaban J connectivity index is 1.58. The summed E-state index contributed by atoms with van der Waals surface area (Å²) in [6.45, 7) is 0. The number of hydrogen-bond donors (Lipinski definition) is 2. The molecular weight excluding hydrogens is 372 g/mol. The first-order valence-corrected chi connectivity index (χ1v) is 9.07. The second-order valence-corrected chi connectivity index (χ2v) is 6.25. The summed E-state index contributed by atoms with van der Waals surface area (Å²) in [5.74, 6) is -1.55. The number of carbonyl (C=O) groups is 1. The van der Waals surface area contributed by atoms with Crippen LogP contribution in [0.2, 0.25) is 0 Å². The molecular formula is C19H15F2N3O2S. The van der Waals surface area contributed by atoms with Gasteiger partial charge in [0.05, 0.1) is 11.9 Å². The molecule has 0 aliphatic rings. The van der Waals surface area contributed by atoms with Crippen molar-refractivity contribution in [2.45, 2.75) is 4.90 Å². The van der Waals surface area contributed by atoms with Crippen molar-refractivity contribution in [2.75, 3.05) is 16.9 Å². The van der Waals surface area contributed by atoms with E-state index in [0.29, 0.717) is 11.4 Å². The van der Waals surface area contributed by atoms with Crippen LogP contribution in [0.15, 0.2) is 65.7 Å². The minimum atomic E-state index is -0.828. The van der Waals surface area contributed by atoms with Crippen LogP contribution in [-0.4, -0.2) is 17.3 Å². The van der Waals surface area contributed by atoms with Crippen LogP contribution in [0.5, 0.6) is 11.6 Å². The minimum absolute atomic E-state index is 0.110. The highest BCUT2D eigenvalue weighted by molar-refractivity contribution is 7.98. The summed E-state index contributed by atoms with van der Waals surface area (Å²) < 4.78 is 31.7. The van der Waals surface area contributed by atoms with Crippen molar-refractivity contribution in [2.24, 2.45) is 0 Å². The summed E-state index contributed by atoms with van der Waals surface area (Å²) in [5.41, 5.74) is 1.09. The SMILES string of the molecule is CSc1ccc(NC(=O)Nc2ccc(Oc3ccc(F)cc3F)nc2)cc1. The van der Waals surface area contributed by atoms with Crippen LogP contribution in [0.1, 0.15) is 0 Å². The Morgan fingerprint density at radius 2 is 1.70 bits per heavy atom. The number of pyridine rings is 1. The standard InChI is InChI=1S/C19H15F2N3O2S/c1-27-15-6-3-13(4-7-15)23-19(25)24-14-5-9-18(22-11-14)26-17-8-2-12(20)10-16(17)21/h2-11H,1H3,(H2,23,24,25). The molecule has 0 saturated heterocycles. The van der Waals surface area contributed by atoms with Gasteiger partial charge in [0.15, 0.2) is 11.6 Å². The lowest BCUT2D eigenvalue weighted by Gasteiger charge is -2.09. The average molecular weight is 387 g/mol. The topological polar surface area (TPSA) is 63.2 Å². The van der Waals surface area contributed by atoms with Crippen molar-refractivity contribution < 1.29 is 18.3 Å². The van der Waals surface area contributed by atoms with E-state index in [1.807, 2.05) is 18.4 Å². The average Bonchev–Trinajstić information content (AvgIpc) is 2.66. The molecule has 0 radical (unpaired) electrons. The lowest BCUT2D eigenvalue weighted by molar-refractivity contribution is 0.262. The summed E-state index contributed by atoms with van der Waals surface area (Å²) in [5, 5.41) is 5.34. The Kier molecular flexibility index (Phi) is 5.87. The van der Waals surface area contributed by atoms with Gasteiger partial charge in [-0.05, 0) is 48.7 Å². The maximum atomic E-state index is 13.6. The largest absolute Gasteiger partial charge is 0.436 e. The monoisotopic (exact) mass is 387 g/mol. The number of anilines is 2. The maximum Gasteiger partial charge on any atom is 0.323 e. The number of nitrogens with one attached hydrogen (secondary N) is 2. The van der Waals surface area contributed by atoms with Gasteiger partial charge in [-0.1, -0.05) is 0 Å². The van der Waals surface area contributed by atoms with Crippen LogP contribution >= 0.6 is 11.8 Å². The Morgan fingerprint density at radius 3 is 2.33 bits per heavy atom. The molecule has 0 spiro atoms. The number of urea groups is 1. The predicted molar refractivity (Wildman–Crippen MR) is 102 cm³/mol. The van der Waals surface area contributed by atoms with E-state index in [4.69, 9.17) is 4.74 Å². The fraction of sp³-hybridized carbons (Fsp3) is 0.0526. The molecule has 3 aromatic rings. The van der Waals surface area contributed by atoms with Crippen molar-refractivity contribution >= 4 is 29.2 Å². The fourth-order valence-corrected chi connectivity index (χ4v) is 2.56. The van der Waals surface area contributed by atoms with Gasteiger partial charge in [0, 0.05) is 22.7 Å². The fourth-order valence-electron chi connectivity index (χ4n) is 2.15. The molecule has 0 saturated carbocycles. The van der Waals surface area contributed by atoms with Crippen molar-refractivity contribution in [3.63, 3.8) is 0 Å². The zero-order chi connectivity index (χ0) is 19.2. The summed E-state index contributed by atoms with van der Waals surface area (Å²) in [4.78, 5) is 17.1. The van der Waals surface area contributed by atoms with Crippen LogP contribution < -0.4 is 15.4 Å². The molecule has 2 N–H and O–H groups in total. The normalized spacial score (nSPS) is 10.3. The Bertz CT molecular complexity index is 935. The lowest BCUT2D eigenvalue weighted by Crippen LogP contribution is -2.19. The number of thioether (sulfide) groups is 1. The first kappa shape index (κ1) is 18.7. The molecule has 0 aliphatic carbocycles. The number of nitrogens with zero attached hydrogens (tertiary/aromatic N) is 1. The van der Waals surface area contributed by atoms with Crippen LogP contribution in [0.25, 0.3) is 0 Å². The highest BCUT2D eigenvalue weighted by Gasteiger charge is 2.08. The molecule has 5 nitrogen and oxygen atoms in total. The third kappa shape index (κ3) is 5.18. The maximum absolute atomic E-state index is 13.6. The van der Waals surface area contributed by atoms with Gasteiger partial charge in [0.1, 0.15) is 5.82 Å².